The number of fused-ring (bicyclic) bond motifs is 4. The predicted octanol–water partition coefficient (Wildman–Crippen LogP) is 7.86. The van der Waals surface area contributed by atoms with Crippen molar-refractivity contribution in [2.45, 2.75) is 125 Å². The van der Waals surface area contributed by atoms with Crippen molar-refractivity contribution in [1.29, 1.82) is 0 Å². The van der Waals surface area contributed by atoms with E-state index in [-0.39, 0.29) is 11.5 Å². The topological polar surface area (TPSA) is 20.2 Å². The van der Waals surface area contributed by atoms with Gasteiger partial charge in [0.25, 0.3) is 0 Å². The summed E-state index contributed by atoms with van der Waals surface area (Å²) >= 11 is 0. The van der Waals surface area contributed by atoms with E-state index >= 15 is 0 Å². The summed E-state index contributed by atoms with van der Waals surface area (Å²) in [6.07, 6.45) is 15.5. The third-order valence-corrected chi connectivity index (χ3v) is 14.5. The Morgan fingerprint density at radius 2 is 1.42 bits per heavy atom. The van der Waals surface area contributed by atoms with E-state index in [0.717, 1.165) is 30.1 Å². The van der Waals surface area contributed by atoms with Crippen molar-refractivity contribution in [3.05, 3.63) is 0 Å². The highest BCUT2D eigenvalue weighted by molar-refractivity contribution is 5.32. The molecule has 11 atom stereocenters. The van der Waals surface area contributed by atoms with Crippen LogP contribution in [0.25, 0.3) is 0 Å². The molecule has 6 rings (SSSR count). The van der Waals surface area contributed by atoms with Gasteiger partial charge < -0.3 is 5.11 Å². The van der Waals surface area contributed by atoms with Gasteiger partial charge in [0.2, 0.25) is 0 Å². The zero-order chi connectivity index (χ0) is 22.2. The normalized spacial score (nSPS) is 64.3. The van der Waals surface area contributed by atoms with Gasteiger partial charge in [-0.15, -0.1) is 0 Å². The minimum Gasteiger partial charge on any atom is -0.393 e. The van der Waals surface area contributed by atoms with Crippen LogP contribution in [0.1, 0.15) is 119 Å². The summed E-state index contributed by atoms with van der Waals surface area (Å²) in [6, 6.07) is 0. The summed E-state index contributed by atoms with van der Waals surface area (Å²) in [6.45, 7) is 18.2. The van der Waals surface area contributed by atoms with Crippen LogP contribution in [0.3, 0.4) is 0 Å². The van der Waals surface area contributed by atoms with Gasteiger partial charge in [0.1, 0.15) is 0 Å². The van der Waals surface area contributed by atoms with Crippen LogP contribution in [-0.4, -0.2) is 11.2 Å². The van der Waals surface area contributed by atoms with Crippen molar-refractivity contribution in [3.8, 4) is 0 Å². The number of aliphatic hydroxyl groups is 1. The van der Waals surface area contributed by atoms with Crippen LogP contribution in [0.2, 0.25) is 0 Å². The van der Waals surface area contributed by atoms with E-state index < -0.39 is 0 Å². The van der Waals surface area contributed by atoms with Gasteiger partial charge in [0, 0.05) is 0 Å². The molecule has 0 bridgehead atoms. The summed E-state index contributed by atoms with van der Waals surface area (Å²) in [7, 11) is 0. The Hall–Kier alpha value is -0.0400. The smallest absolute Gasteiger partial charge is 0.0594 e. The third kappa shape index (κ3) is 2.21. The predicted molar refractivity (Wildman–Crippen MR) is 129 cm³/mol. The fourth-order valence-corrected chi connectivity index (χ4v) is 12.8. The first-order valence-corrected chi connectivity index (χ1v) is 14.1. The molecule has 0 aromatic heterocycles. The van der Waals surface area contributed by atoms with E-state index in [4.69, 9.17) is 0 Å². The van der Waals surface area contributed by atoms with Crippen molar-refractivity contribution in [3.63, 3.8) is 0 Å². The molecule has 0 spiro atoms. The average Bonchev–Trinajstić information content (AvgIpc) is 3.39. The molecule has 0 amide bonds. The van der Waals surface area contributed by atoms with Crippen LogP contribution in [0, 0.1) is 62.1 Å². The highest BCUT2D eigenvalue weighted by atomic mass is 16.3. The summed E-state index contributed by atoms with van der Waals surface area (Å²) in [5.41, 5.74) is 3.00. The standard InChI is InChI=1S/C30H50O/c1-19-8-12-26(5)16-17-30-18-29(30,24(26)20(19)2)15-10-22-27(6)13-11-23(31)25(3,4)21(27)9-14-28(22,30)7/h19-24,31H,8-18H2,1-7H3/t19-,20+,21+,22-,23+,24-,26-,27-,28-,29-,30-/m1/s1. The highest BCUT2D eigenvalue weighted by Gasteiger charge is 2.84. The summed E-state index contributed by atoms with van der Waals surface area (Å²) in [5, 5.41) is 10.9. The lowest BCUT2D eigenvalue weighted by atomic mass is 9.35. The van der Waals surface area contributed by atoms with Gasteiger partial charge in [0.05, 0.1) is 6.10 Å². The third-order valence-electron chi connectivity index (χ3n) is 14.5. The van der Waals surface area contributed by atoms with Crippen LogP contribution < -0.4 is 0 Å². The molecule has 6 aliphatic carbocycles. The highest BCUT2D eigenvalue weighted by Crippen LogP contribution is 2.91. The van der Waals surface area contributed by atoms with Crippen LogP contribution in [0.5, 0.6) is 0 Å². The van der Waals surface area contributed by atoms with Gasteiger partial charge in [-0.3, -0.25) is 0 Å². The second-order valence-electron chi connectivity index (χ2n) is 15.4. The monoisotopic (exact) mass is 426 g/mol. The SMILES string of the molecule is C[C@H]1[C@H](C)CC[C@]2(C)CC[C@]34C[C@]3(CC[C@@H]3[C@]5(C)CC[C@H](O)C(C)(C)[C@@H]5CC[C@]34C)[C@H]12. The Labute approximate surface area is 192 Å². The second kappa shape index (κ2) is 5.95. The molecule has 0 aromatic carbocycles. The number of rotatable bonds is 0. The molecule has 0 radical (unpaired) electrons. The lowest BCUT2D eigenvalue weighted by molar-refractivity contribution is -0.223. The maximum atomic E-state index is 10.9. The molecule has 1 N–H and O–H groups in total. The maximum absolute atomic E-state index is 10.9. The number of aliphatic hydroxyl groups excluding tert-OH is 1. The van der Waals surface area contributed by atoms with E-state index in [0.29, 0.717) is 33.0 Å². The maximum Gasteiger partial charge on any atom is 0.0594 e. The Kier molecular flexibility index (Phi) is 4.13. The Morgan fingerprint density at radius 3 is 2.16 bits per heavy atom. The van der Waals surface area contributed by atoms with Crippen LogP contribution in [0.4, 0.5) is 0 Å². The molecule has 1 nitrogen and oxygen atoms in total. The fraction of sp³-hybridized carbons (Fsp3) is 1.00. The van der Waals surface area contributed by atoms with E-state index in [1.807, 2.05) is 0 Å². The number of hydrogen-bond donors (Lipinski definition) is 1. The van der Waals surface area contributed by atoms with Crippen molar-refractivity contribution < 1.29 is 5.11 Å². The van der Waals surface area contributed by atoms with Crippen molar-refractivity contribution in [2.75, 3.05) is 0 Å². The molecule has 6 fully saturated rings. The van der Waals surface area contributed by atoms with E-state index in [1.165, 1.54) is 57.8 Å². The molecule has 31 heavy (non-hydrogen) atoms. The molecule has 0 aliphatic heterocycles. The molecule has 1 heteroatoms. The Bertz CT molecular complexity index is 785. The molecule has 0 aromatic rings. The zero-order valence-corrected chi connectivity index (χ0v) is 21.7. The van der Waals surface area contributed by atoms with Gasteiger partial charge in [-0.2, -0.15) is 0 Å². The van der Waals surface area contributed by atoms with Crippen LogP contribution in [-0.2, 0) is 0 Å². The summed E-state index contributed by atoms with van der Waals surface area (Å²) in [4.78, 5) is 0. The molecule has 6 aliphatic rings. The summed E-state index contributed by atoms with van der Waals surface area (Å²) in [5.74, 6) is 4.39. The molecular weight excluding hydrogens is 376 g/mol. The van der Waals surface area contributed by atoms with Crippen molar-refractivity contribution >= 4 is 0 Å². The van der Waals surface area contributed by atoms with E-state index in [2.05, 4.69) is 48.5 Å². The molecule has 0 unspecified atom stereocenters. The molecular formula is C30H50O. The van der Waals surface area contributed by atoms with Gasteiger partial charge in [-0.1, -0.05) is 48.5 Å². The van der Waals surface area contributed by atoms with Crippen LogP contribution >= 0.6 is 0 Å². The lowest BCUT2D eigenvalue weighted by Crippen LogP contribution is -2.64. The first kappa shape index (κ1) is 21.5. The van der Waals surface area contributed by atoms with E-state index in [1.54, 1.807) is 6.42 Å². The average molecular weight is 427 g/mol. The largest absolute Gasteiger partial charge is 0.393 e. The van der Waals surface area contributed by atoms with Crippen molar-refractivity contribution in [1.82, 2.24) is 0 Å². The first-order chi connectivity index (χ1) is 14.4. The number of hydrogen-bond acceptors (Lipinski definition) is 1. The van der Waals surface area contributed by atoms with Gasteiger partial charge >= 0.3 is 0 Å². The zero-order valence-electron chi connectivity index (χ0n) is 21.7. The minimum absolute atomic E-state index is 0.0858. The first-order valence-electron chi connectivity index (χ1n) is 14.1. The van der Waals surface area contributed by atoms with Gasteiger partial charge in [-0.05, 0) is 133 Å². The van der Waals surface area contributed by atoms with E-state index in [9.17, 15) is 5.11 Å². The Balaban J connectivity index is 1.40. The lowest BCUT2D eigenvalue weighted by Gasteiger charge is -2.70. The minimum atomic E-state index is -0.100. The fourth-order valence-electron chi connectivity index (χ4n) is 12.8. The van der Waals surface area contributed by atoms with Crippen LogP contribution in [0.15, 0.2) is 0 Å². The van der Waals surface area contributed by atoms with Crippen molar-refractivity contribution in [2.24, 2.45) is 62.1 Å². The molecule has 176 valence electrons. The molecule has 0 heterocycles. The quantitative estimate of drug-likeness (QED) is 0.418. The summed E-state index contributed by atoms with van der Waals surface area (Å²) < 4.78 is 0. The van der Waals surface area contributed by atoms with Gasteiger partial charge in [-0.25, -0.2) is 0 Å². The second-order valence-corrected chi connectivity index (χ2v) is 15.4. The van der Waals surface area contributed by atoms with Gasteiger partial charge in [0.15, 0.2) is 0 Å². The molecule has 6 saturated carbocycles. The Morgan fingerprint density at radius 1 is 0.710 bits per heavy atom. The molecule has 0 saturated heterocycles.